The number of rotatable bonds is 3. The van der Waals surface area contributed by atoms with E-state index in [0.717, 1.165) is 5.56 Å². The van der Waals surface area contributed by atoms with E-state index in [1.54, 1.807) is 6.08 Å². The third kappa shape index (κ3) is 2.92. The van der Waals surface area contributed by atoms with Crippen molar-refractivity contribution in [3.8, 4) is 0 Å². The molecule has 0 heterocycles. The van der Waals surface area contributed by atoms with Crippen LogP contribution in [0.25, 0.3) is 5.57 Å². The van der Waals surface area contributed by atoms with Crippen molar-refractivity contribution in [1.29, 1.82) is 0 Å². The van der Waals surface area contributed by atoms with Crippen LogP contribution in [0, 0.1) is 0 Å². The van der Waals surface area contributed by atoms with E-state index in [1.165, 1.54) is 0 Å². The van der Waals surface area contributed by atoms with Crippen LogP contribution in [0.4, 0.5) is 0 Å². The van der Waals surface area contributed by atoms with Crippen LogP contribution in [0.3, 0.4) is 0 Å². The Kier molecular flexibility index (Phi) is 3.71. The lowest BCUT2D eigenvalue weighted by molar-refractivity contribution is 0.563. The molecule has 0 aliphatic heterocycles. The van der Waals surface area contributed by atoms with Gasteiger partial charge in [-0.3, -0.25) is 0 Å². The van der Waals surface area contributed by atoms with Crippen molar-refractivity contribution in [2.24, 2.45) is 0 Å². The first-order valence-electron chi connectivity index (χ1n) is 4.39. The van der Waals surface area contributed by atoms with Gasteiger partial charge in [0, 0.05) is 14.1 Å². The monoisotopic (exact) mass is 187 g/mol. The Hall–Kier alpha value is -1.79. The lowest BCUT2D eigenvalue weighted by atomic mass is 10.1. The lowest BCUT2D eigenvalue weighted by Gasteiger charge is -2.03. The predicted octanol–water partition coefficient (Wildman–Crippen LogP) is 1.98. The molecule has 0 spiro atoms. The van der Waals surface area contributed by atoms with E-state index in [9.17, 15) is 4.79 Å². The van der Waals surface area contributed by atoms with Crippen LogP contribution < -0.4 is 0 Å². The molecule has 0 radical (unpaired) electrons. The minimum Gasteiger partial charge on any atom is -0.383 e. The molecule has 0 fully saturated rings. The molecule has 1 aromatic rings. The highest BCUT2D eigenvalue weighted by Gasteiger charge is 1.96. The first-order valence-corrected chi connectivity index (χ1v) is 4.39. The van der Waals surface area contributed by atoms with Gasteiger partial charge < -0.3 is 4.90 Å². The van der Waals surface area contributed by atoms with E-state index in [2.05, 4.69) is 0 Å². The van der Waals surface area contributed by atoms with Crippen molar-refractivity contribution < 1.29 is 4.79 Å². The van der Waals surface area contributed by atoms with Gasteiger partial charge >= 0.3 is 0 Å². The highest BCUT2D eigenvalue weighted by Crippen LogP contribution is 2.11. The van der Waals surface area contributed by atoms with Crippen LogP contribution in [-0.2, 0) is 4.79 Å². The standard InChI is InChI=1S/C12H13NO/c1-13(2)9-8-12(10-14)11-6-4-3-5-7-11/h3-9H,1-2H3/b9-8-. The van der Waals surface area contributed by atoms with Gasteiger partial charge in [-0.15, -0.1) is 0 Å². The zero-order valence-corrected chi connectivity index (χ0v) is 8.40. The molecule has 0 bridgehead atoms. The zero-order chi connectivity index (χ0) is 10.4. The number of nitrogens with zero attached hydrogens (tertiary/aromatic N) is 1. The van der Waals surface area contributed by atoms with Crippen molar-refractivity contribution in [1.82, 2.24) is 4.90 Å². The highest BCUT2D eigenvalue weighted by atomic mass is 16.1. The van der Waals surface area contributed by atoms with Crippen LogP contribution in [-0.4, -0.2) is 24.9 Å². The first-order chi connectivity index (χ1) is 6.74. The van der Waals surface area contributed by atoms with Crippen LogP contribution in [0.15, 0.2) is 42.6 Å². The van der Waals surface area contributed by atoms with Gasteiger partial charge in [0.2, 0.25) is 0 Å². The SMILES string of the molecule is CN(C)/C=C\C(=C=O)c1ccccc1. The summed E-state index contributed by atoms with van der Waals surface area (Å²) in [7, 11) is 3.81. The molecule has 0 amide bonds. The highest BCUT2D eigenvalue weighted by molar-refractivity contribution is 5.93. The van der Waals surface area contributed by atoms with Gasteiger partial charge in [0.1, 0.15) is 5.94 Å². The number of carbonyl (C=O) groups excluding carboxylic acids is 1. The molecular weight excluding hydrogens is 174 g/mol. The maximum absolute atomic E-state index is 10.7. The van der Waals surface area contributed by atoms with E-state index < -0.39 is 0 Å². The molecular formula is C12H13NO. The van der Waals surface area contributed by atoms with Crippen molar-refractivity contribution in [2.75, 3.05) is 14.1 Å². The van der Waals surface area contributed by atoms with Crippen LogP contribution in [0.5, 0.6) is 0 Å². The molecule has 14 heavy (non-hydrogen) atoms. The molecule has 1 rings (SSSR count). The summed E-state index contributed by atoms with van der Waals surface area (Å²) in [5.74, 6) is 1.93. The van der Waals surface area contributed by atoms with Crippen molar-refractivity contribution >= 4 is 11.5 Å². The largest absolute Gasteiger partial charge is 0.383 e. The maximum atomic E-state index is 10.7. The van der Waals surface area contributed by atoms with E-state index in [0.29, 0.717) is 5.57 Å². The number of hydrogen-bond donors (Lipinski definition) is 0. The summed E-state index contributed by atoms with van der Waals surface area (Å²) in [4.78, 5) is 12.6. The number of benzene rings is 1. The van der Waals surface area contributed by atoms with Gasteiger partial charge in [0.15, 0.2) is 0 Å². The van der Waals surface area contributed by atoms with Crippen LogP contribution in [0.2, 0.25) is 0 Å². The Bertz CT molecular complexity index is 359. The second-order valence-corrected chi connectivity index (χ2v) is 3.16. The summed E-state index contributed by atoms with van der Waals surface area (Å²) in [6.07, 6.45) is 3.58. The molecule has 0 saturated heterocycles. The molecule has 1 aromatic carbocycles. The van der Waals surface area contributed by atoms with Crippen molar-refractivity contribution in [2.45, 2.75) is 0 Å². The van der Waals surface area contributed by atoms with E-state index in [-0.39, 0.29) is 0 Å². The molecule has 0 aliphatic carbocycles. The van der Waals surface area contributed by atoms with Gasteiger partial charge in [-0.25, -0.2) is 4.79 Å². The Morgan fingerprint density at radius 2 is 1.93 bits per heavy atom. The average Bonchev–Trinajstić information content (AvgIpc) is 2.20. The molecule has 0 N–H and O–H groups in total. The van der Waals surface area contributed by atoms with Crippen LogP contribution >= 0.6 is 0 Å². The van der Waals surface area contributed by atoms with E-state index in [1.807, 2.05) is 61.5 Å². The van der Waals surface area contributed by atoms with Gasteiger partial charge in [-0.2, -0.15) is 0 Å². The van der Waals surface area contributed by atoms with E-state index >= 15 is 0 Å². The average molecular weight is 187 g/mol. The quantitative estimate of drug-likeness (QED) is 0.532. The van der Waals surface area contributed by atoms with Crippen molar-refractivity contribution in [3.63, 3.8) is 0 Å². The topological polar surface area (TPSA) is 20.3 Å². The first kappa shape index (κ1) is 10.3. The third-order valence-electron chi connectivity index (χ3n) is 1.73. The van der Waals surface area contributed by atoms with Gasteiger partial charge in [-0.05, 0) is 17.8 Å². The fraction of sp³-hybridized carbons (Fsp3) is 0.167. The fourth-order valence-electron chi connectivity index (χ4n) is 1.03. The van der Waals surface area contributed by atoms with Gasteiger partial charge in [0.05, 0.1) is 5.57 Å². The molecule has 0 atom stereocenters. The third-order valence-corrected chi connectivity index (χ3v) is 1.73. The Balaban J connectivity index is 2.91. The van der Waals surface area contributed by atoms with Gasteiger partial charge in [0.25, 0.3) is 0 Å². The number of allylic oxidation sites excluding steroid dienone is 2. The smallest absolute Gasteiger partial charge is 0.133 e. The molecule has 0 saturated carbocycles. The molecule has 0 aromatic heterocycles. The van der Waals surface area contributed by atoms with Crippen molar-refractivity contribution in [3.05, 3.63) is 48.2 Å². The molecule has 72 valence electrons. The summed E-state index contributed by atoms with van der Waals surface area (Å²) in [5.41, 5.74) is 1.46. The summed E-state index contributed by atoms with van der Waals surface area (Å²) in [6, 6.07) is 9.49. The lowest BCUT2D eigenvalue weighted by Crippen LogP contribution is -2.00. The minimum absolute atomic E-state index is 0.569. The summed E-state index contributed by atoms with van der Waals surface area (Å²) < 4.78 is 0. The molecule has 0 unspecified atom stereocenters. The molecule has 2 heteroatoms. The minimum atomic E-state index is 0.569. The van der Waals surface area contributed by atoms with Crippen LogP contribution in [0.1, 0.15) is 5.56 Å². The Morgan fingerprint density at radius 1 is 1.29 bits per heavy atom. The maximum Gasteiger partial charge on any atom is 0.133 e. The molecule has 2 nitrogen and oxygen atoms in total. The second-order valence-electron chi connectivity index (χ2n) is 3.16. The van der Waals surface area contributed by atoms with E-state index in [4.69, 9.17) is 0 Å². The summed E-state index contributed by atoms with van der Waals surface area (Å²) in [5, 5.41) is 0. The normalized spacial score (nSPS) is 9.86. The second kappa shape index (κ2) is 5.05. The summed E-state index contributed by atoms with van der Waals surface area (Å²) >= 11 is 0. The Labute approximate surface area is 84.2 Å². The number of hydrogen-bond acceptors (Lipinski definition) is 2. The molecule has 0 aliphatic rings. The van der Waals surface area contributed by atoms with Gasteiger partial charge in [-0.1, -0.05) is 30.3 Å². The Morgan fingerprint density at radius 3 is 2.43 bits per heavy atom. The predicted molar refractivity (Wildman–Crippen MR) is 58.4 cm³/mol. The zero-order valence-electron chi connectivity index (χ0n) is 8.40. The fourth-order valence-corrected chi connectivity index (χ4v) is 1.03. The summed E-state index contributed by atoms with van der Waals surface area (Å²) in [6.45, 7) is 0.